The molecule has 1 saturated heterocycles. The van der Waals surface area contributed by atoms with Gasteiger partial charge in [-0.2, -0.15) is 0 Å². The van der Waals surface area contributed by atoms with Crippen LogP contribution in [0.25, 0.3) is 5.57 Å². The first-order chi connectivity index (χ1) is 14.7. The number of nitrogens with zero attached hydrogens (tertiary/aromatic N) is 2. The molecule has 2 fully saturated rings. The Bertz CT molecular complexity index is 945. The summed E-state index contributed by atoms with van der Waals surface area (Å²) in [5.74, 6) is 0.886. The van der Waals surface area contributed by atoms with E-state index >= 15 is 0 Å². The van der Waals surface area contributed by atoms with E-state index in [1.807, 2.05) is 48.8 Å². The lowest BCUT2D eigenvalue weighted by Gasteiger charge is -2.48. The minimum atomic E-state index is -0.144. The van der Waals surface area contributed by atoms with E-state index in [0.717, 1.165) is 31.5 Å². The third-order valence-electron chi connectivity index (χ3n) is 6.50. The molecule has 4 unspecified atom stereocenters. The Hall–Kier alpha value is -2.70. The van der Waals surface area contributed by atoms with E-state index in [9.17, 15) is 4.79 Å². The molecule has 0 radical (unpaired) electrons. The first-order valence-electron chi connectivity index (χ1n) is 10.5. The Balaban J connectivity index is 1.36. The molecule has 1 aromatic carbocycles. The van der Waals surface area contributed by atoms with Gasteiger partial charge in [0, 0.05) is 37.0 Å². The molecule has 6 heteroatoms. The number of pyridine rings is 1. The maximum Gasteiger partial charge on any atom is 0.173 e. The molecule has 4 atom stereocenters. The maximum atomic E-state index is 13.4. The topological polar surface area (TPSA) is 60.9 Å². The number of hydrogen-bond acceptors (Lipinski definition) is 6. The van der Waals surface area contributed by atoms with E-state index in [1.54, 1.807) is 13.4 Å². The van der Waals surface area contributed by atoms with Crippen LogP contribution in [-0.2, 0) is 20.8 Å². The molecule has 2 aliphatic heterocycles. The van der Waals surface area contributed by atoms with Crippen LogP contribution in [0.15, 0.2) is 55.1 Å². The van der Waals surface area contributed by atoms with Crippen molar-refractivity contribution in [1.82, 2.24) is 9.88 Å². The van der Waals surface area contributed by atoms with Gasteiger partial charge in [0.15, 0.2) is 5.78 Å². The number of methoxy groups -OCH3 is 1. The summed E-state index contributed by atoms with van der Waals surface area (Å²) in [4.78, 5) is 19.8. The fraction of sp³-hybridized carbons (Fsp3) is 0.417. The summed E-state index contributed by atoms with van der Waals surface area (Å²) in [6, 6.07) is 11.7. The van der Waals surface area contributed by atoms with Crippen LogP contribution in [0.4, 0.5) is 0 Å². The minimum Gasteiger partial charge on any atom is -0.496 e. The first kappa shape index (κ1) is 19.3. The van der Waals surface area contributed by atoms with Crippen LogP contribution in [0.1, 0.15) is 24.0 Å². The van der Waals surface area contributed by atoms with Crippen molar-refractivity contribution in [2.45, 2.75) is 31.6 Å². The first-order valence-corrected chi connectivity index (χ1v) is 10.5. The van der Waals surface area contributed by atoms with Gasteiger partial charge < -0.3 is 14.2 Å². The second-order valence-electron chi connectivity index (χ2n) is 8.25. The standard InChI is InChI=1S/C24H26N2O4/c1-28-21-5-3-2-4-17(21)20-14-29-24-18(23(20)27)6-7-22-19(24)13-26(15-30-22)12-16-8-10-25-11-9-16/h2-5,8-11,14,18-19,22,24H,6-7,12-13,15H2,1H3. The van der Waals surface area contributed by atoms with Crippen LogP contribution in [0.3, 0.4) is 0 Å². The molecule has 0 amide bonds. The van der Waals surface area contributed by atoms with Crippen LogP contribution in [-0.4, -0.2) is 48.3 Å². The third-order valence-corrected chi connectivity index (χ3v) is 6.50. The van der Waals surface area contributed by atoms with Crippen LogP contribution in [0.2, 0.25) is 0 Å². The van der Waals surface area contributed by atoms with Gasteiger partial charge in [0.25, 0.3) is 0 Å². The third kappa shape index (κ3) is 3.50. The van der Waals surface area contributed by atoms with Gasteiger partial charge in [-0.1, -0.05) is 18.2 Å². The highest BCUT2D eigenvalue weighted by atomic mass is 16.5. The molecule has 30 heavy (non-hydrogen) atoms. The number of para-hydroxylation sites is 1. The summed E-state index contributed by atoms with van der Waals surface area (Å²) in [6.07, 6.45) is 6.96. The molecule has 156 valence electrons. The summed E-state index contributed by atoms with van der Waals surface area (Å²) in [5, 5.41) is 0. The Morgan fingerprint density at radius 1 is 1.17 bits per heavy atom. The van der Waals surface area contributed by atoms with Gasteiger partial charge in [-0.25, -0.2) is 0 Å². The van der Waals surface area contributed by atoms with Crippen LogP contribution < -0.4 is 4.74 Å². The lowest BCUT2D eigenvalue weighted by atomic mass is 9.71. The van der Waals surface area contributed by atoms with Gasteiger partial charge in [0.05, 0.1) is 37.7 Å². The zero-order valence-electron chi connectivity index (χ0n) is 17.1. The van der Waals surface area contributed by atoms with Gasteiger partial charge in [-0.15, -0.1) is 0 Å². The fourth-order valence-corrected chi connectivity index (χ4v) is 5.01. The van der Waals surface area contributed by atoms with Gasteiger partial charge in [0.2, 0.25) is 0 Å². The number of rotatable bonds is 4. The van der Waals surface area contributed by atoms with Crippen molar-refractivity contribution in [1.29, 1.82) is 0 Å². The summed E-state index contributed by atoms with van der Waals surface area (Å²) in [6.45, 7) is 2.27. The Morgan fingerprint density at radius 2 is 2.00 bits per heavy atom. The molecule has 3 aliphatic rings. The molecule has 0 spiro atoms. The molecule has 5 rings (SSSR count). The number of benzene rings is 1. The average molecular weight is 406 g/mol. The highest BCUT2D eigenvalue weighted by Gasteiger charge is 2.49. The number of carbonyl (C=O) groups is 1. The molecular weight excluding hydrogens is 380 g/mol. The van der Waals surface area contributed by atoms with Crippen molar-refractivity contribution in [3.8, 4) is 5.75 Å². The predicted molar refractivity (Wildman–Crippen MR) is 111 cm³/mol. The Morgan fingerprint density at radius 3 is 2.83 bits per heavy atom. The van der Waals surface area contributed by atoms with Crippen molar-refractivity contribution in [3.05, 3.63) is 66.2 Å². The minimum absolute atomic E-state index is 0.138. The number of aromatic nitrogens is 1. The highest BCUT2D eigenvalue weighted by molar-refractivity contribution is 6.22. The summed E-state index contributed by atoms with van der Waals surface area (Å²) in [7, 11) is 1.62. The second-order valence-corrected chi connectivity index (χ2v) is 8.25. The number of carbonyl (C=O) groups excluding carboxylic acids is 1. The van der Waals surface area contributed by atoms with Gasteiger partial charge in [0.1, 0.15) is 11.9 Å². The van der Waals surface area contributed by atoms with Crippen molar-refractivity contribution >= 4 is 11.4 Å². The normalized spacial score (nSPS) is 28.7. The lowest BCUT2D eigenvalue weighted by Crippen LogP contribution is -2.56. The van der Waals surface area contributed by atoms with E-state index < -0.39 is 0 Å². The average Bonchev–Trinajstić information content (AvgIpc) is 2.80. The maximum absolute atomic E-state index is 13.4. The lowest BCUT2D eigenvalue weighted by molar-refractivity contribution is -0.171. The van der Waals surface area contributed by atoms with Crippen molar-refractivity contribution < 1.29 is 19.0 Å². The molecule has 1 saturated carbocycles. The zero-order valence-corrected chi connectivity index (χ0v) is 17.1. The van der Waals surface area contributed by atoms with E-state index in [0.29, 0.717) is 18.1 Å². The van der Waals surface area contributed by atoms with Crippen molar-refractivity contribution in [2.75, 3.05) is 20.4 Å². The number of ketones is 1. The number of Topliss-reactive ketones (excluding diaryl/α,β-unsaturated/α-hetero) is 1. The monoisotopic (exact) mass is 406 g/mol. The molecule has 1 aliphatic carbocycles. The Labute approximate surface area is 176 Å². The SMILES string of the molecule is COc1ccccc1C1=COC2C(CCC3OCN(Cc4ccncc4)CC32)C1=O. The Kier molecular flexibility index (Phi) is 5.27. The predicted octanol–water partition coefficient (Wildman–Crippen LogP) is 3.28. The van der Waals surface area contributed by atoms with E-state index in [2.05, 4.69) is 9.88 Å². The molecule has 1 aromatic heterocycles. The van der Waals surface area contributed by atoms with Crippen molar-refractivity contribution in [3.63, 3.8) is 0 Å². The number of fused-ring (bicyclic) bond motifs is 3. The molecular formula is C24H26N2O4. The smallest absolute Gasteiger partial charge is 0.173 e. The van der Waals surface area contributed by atoms with Gasteiger partial charge in [-0.3, -0.25) is 14.7 Å². The molecule has 0 N–H and O–H groups in total. The molecule has 0 bridgehead atoms. The summed E-state index contributed by atoms with van der Waals surface area (Å²) >= 11 is 0. The van der Waals surface area contributed by atoms with Crippen LogP contribution in [0.5, 0.6) is 5.75 Å². The molecule has 3 heterocycles. The summed E-state index contributed by atoms with van der Waals surface area (Å²) < 4.78 is 17.9. The van der Waals surface area contributed by atoms with Gasteiger partial charge >= 0.3 is 0 Å². The van der Waals surface area contributed by atoms with E-state index in [-0.39, 0.29) is 29.8 Å². The molecule has 6 nitrogen and oxygen atoms in total. The van der Waals surface area contributed by atoms with E-state index in [4.69, 9.17) is 14.2 Å². The van der Waals surface area contributed by atoms with Gasteiger partial charge in [-0.05, 0) is 36.6 Å². The highest BCUT2D eigenvalue weighted by Crippen LogP contribution is 2.43. The van der Waals surface area contributed by atoms with Crippen LogP contribution >= 0.6 is 0 Å². The number of hydrogen-bond donors (Lipinski definition) is 0. The quantitative estimate of drug-likeness (QED) is 0.777. The largest absolute Gasteiger partial charge is 0.496 e. The summed E-state index contributed by atoms with van der Waals surface area (Å²) in [5.41, 5.74) is 2.61. The fourth-order valence-electron chi connectivity index (χ4n) is 5.01. The van der Waals surface area contributed by atoms with Crippen molar-refractivity contribution in [2.24, 2.45) is 11.8 Å². The second kappa shape index (κ2) is 8.20. The number of ether oxygens (including phenoxy) is 3. The van der Waals surface area contributed by atoms with E-state index in [1.165, 1.54) is 5.56 Å². The van der Waals surface area contributed by atoms with Crippen LogP contribution in [0, 0.1) is 11.8 Å². The zero-order chi connectivity index (χ0) is 20.5. The number of allylic oxidation sites excluding steroid dienone is 1. The molecule has 2 aromatic rings.